The van der Waals surface area contributed by atoms with E-state index in [0.717, 1.165) is 6.07 Å². The van der Waals surface area contributed by atoms with E-state index < -0.39 is 34.1 Å². The van der Waals surface area contributed by atoms with E-state index in [0.29, 0.717) is 23.4 Å². The first-order valence-corrected chi connectivity index (χ1v) is 10.5. The van der Waals surface area contributed by atoms with Gasteiger partial charge in [-0.3, -0.25) is 14.9 Å². The molecule has 0 unspecified atom stereocenters. The zero-order chi connectivity index (χ0) is 26.7. The number of para-hydroxylation sites is 1. The molecule has 1 aliphatic heterocycles. The monoisotopic (exact) mass is 511 g/mol. The molecule has 0 saturated carbocycles. The third kappa shape index (κ3) is 5.81. The molecule has 0 atom stereocenters. The fourth-order valence-corrected chi connectivity index (χ4v) is 3.31. The first-order valence-electron chi connectivity index (χ1n) is 10.5. The minimum Gasteiger partial charge on any atom is -0.449 e. The number of carbonyl (C=O) groups excluding carboxylic acids is 2. The van der Waals surface area contributed by atoms with Crippen LogP contribution >= 0.6 is 0 Å². The van der Waals surface area contributed by atoms with Crippen molar-refractivity contribution in [2.24, 2.45) is 4.99 Å². The molecule has 9 nitrogen and oxygen atoms in total. The Morgan fingerprint density at radius 3 is 2.43 bits per heavy atom. The van der Waals surface area contributed by atoms with Gasteiger partial charge in [0.1, 0.15) is 5.75 Å². The minimum absolute atomic E-state index is 0.0161. The third-order valence-corrected chi connectivity index (χ3v) is 4.99. The molecule has 3 aromatic carbocycles. The van der Waals surface area contributed by atoms with E-state index in [1.165, 1.54) is 25.1 Å². The van der Waals surface area contributed by atoms with E-state index in [-0.39, 0.29) is 28.8 Å². The maximum absolute atomic E-state index is 13.0. The standard InChI is InChI=1S/C25H16F3N3O6/c1-14(32)29-18-9-6-15(7-10-18)23-30-19(24(33)37-23)12-16-4-2-3-5-21(16)36-22-11-8-17(25(26,27)28)13-20(22)31(34)35/h2-13H,1H3,(H,29,32)/b19-12-. The van der Waals surface area contributed by atoms with E-state index in [1.807, 2.05) is 0 Å². The van der Waals surface area contributed by atoms with Crippen molar-refractivity contribution in [1.29, 1.82) is 0 Å². The van der Waals surface area contributed by atoms with Crippen LogP contribution in [0.3, 0.4) is 0 Å². The number of benzene rings is 3. The number of cyclic esters (lactones) is 1. The van der Waals surface area contributed by atoms with Crippen molar-refractivity contribution in [3.8, 4) is 11.5 Å². The summed E-state index contributed by atoms with van der Waals surface area (Å²) >= 11 is 0. The summed E-state index contributed by atoms with van der Waals surface area (Å²) in [6.45, 7) is 1.37. The number of carbonyl (C=O) groups is 2. The second kappa shape index (κ2) is 9.93. The molecule has 0 saturated heterocycles. The number of anilines is 1. The molecule has 0 spiro atoms. The Hall–Kier alpha value is -5.00. The Kier molecular flexibility index (Phi) is 6.74. The van der Waals surface area contributed by atoms with Crippen LogP contribution in [-0.4, -0.2) is 22.7 Å². The largest absolute Gasteiger partial charge is 0.449 e. The van der Waals surface area contributed by atoms with Crippen LogP contribution in [0.4, 0.5) is 24.5 Å². The third-order valence-electron chi connectivity index (χ3n) is 4.99. The van der Waals surface area contributed by atoms with Crippen molar-refractivity contribution in [2.45, 2.75) is 13.1 Å². The maximum atomic E-state index is 13.0. The van der Waals surface area contributed by atoms with Crippen LogP contribution in [0.15, 0.2) is 77.4 Å². The summed E-state index contributed by atoms with van der Waals surface area (Å²) in [5.74, 6) is -1.38. The molecule has 188 valence electrons. The van der Waals surface area contributed by atoms with E-state index in [1.54, 1.807) is 36.4 Å². The Labute approximate surface area is 207 Å². The molecular weight excluding hydrogens is 495 g/mol. The number of nitro benzene ring substituents is 1. The van der Waals surface area contributed by atoms with Crippen molar-refractivity contribution in [1.82, 2.24) is 0 Å². The van der Waals surface area contributed by atoms with Gasteiger partial charge in [0, 0.05) is 29.8 Å². The second-order valence-corrected chi connectivity index (χ2v) is 7.67. The highest BCUT2D eigenvalue weighted by Crippen LogP contribution is 2.39. The molecule has 0 aliphatic carbocycles. The fourth-order valence-electron chi connectivity index (χ4n) is 3.31. The van der Waals surface area contributed by atoms with Crippen LogP contribution in [0.2, 0.25) is 0 Å². The zero-order valence-corrected chi connectivity index (χ0v) is 18.9. The molecule has 0 radical (unpaired) electrons. The lowest BCUT2D eigenvalue weighted by molar-refractivity contribution is -0.385. The van der Waals surface area contributed by atoms with E-state index in [2.05, 4.69) is 10.3 Å². The lowest BCUT2D eigenvalue weighted by Crippen LogP contribution is -2.07. The second-order valence-electron chi connectivity index (χ2n) is 7.67. The Morgan fingerprint density at radius 1 is 1.08 bits per heavy atom. The molecule has 3 aromatic rings. The number of ether oxygens (including phenoxy) is 2. The molecular formula is C25H16F3N3O6. The fraction of sp³-hybridized carbons (Fsp3) is 0.0800. The highest BCUT2D eigenvalue weighted by molar-refractivity contribution is 6.13. The van der Waals surface area contributed by atoms with Crippen molar-refractivity contribution in [3.63, 3.8) is 0 Å². The average molecular weight is 511 g/mol. The molecule has 1 aliphatic rings. The van der Waals surface area contributed by atoms with Crippen molar-refractivity contribution in [3.05, 3.63) is 99.2 Å². The maximum Gasteiger partial charge on any atom is 0.416 e. The van der Waals surface area contributed by atoms with Crippen LogP contribution in [-0.2, 0) is 20.5 Å². The molecule has 12 heteroatoms. The van der Waals surface area contributed by atoms with Crippen molar-refractivity contribution in [2.75, 3.05) is 5.32 Å². The number of hydrogen-bond donors (Lipinski definition) is 1. The van der Waals surface area contributed by atoms with Gasteiger partial charge >= 0.3 is 17.8 Å². The van der Waals surface area contributed by atoms with Gasteiger partial charge in [-0.2, -0.15) is 13.2 Å². The number of hydrogen-bond acceptors (Lipinski definition) is 7. The molecule has 1 N–H and O–H groups in total. The summed E-state index contributed by atoms with van der Waals surface area (Å²) in [6.07, 6.45) is -3.44. The van der Waals surface area contributed by atoms with Gasteiger partial charge in [-0.15, -0.1) is 0 Å². The Bertz CT molecular complexity index is 1460. The minimum atomic E-state index is -4.77. The van der Waals surface area contributed by atoms with E-state index in [9.17, 15) is 32.9 Å². The molecule has 0 fully saturated rings. The zero-order valence-electron chi connectivity index (χ0n) is 18.9. The summed E-state index contributed by atoms with van der Waals surface area (Å²) in [6, 6.07) is 14.4. The normalized spacial score (nSPS) is 14.2. The summed E-state index contributed by atoms with van der Waals surface area (Å²) in [5.41, 5.74) is -0.882. The van der Waals surface area contributed by atoms with Gasteiger partial charge in [-0.1, -0.05) is 18.2 Å². The number of nitrogens with one attached hydrogen (secondary N) is 1. The number of aliphatic imine (C=N–C) groups is 1. The van der Waals surface area contributed by atoms with Gasteiger partial charge in [-0.25, -0.2) is 9.79 Å². The first kappa shape index (κ1) is 25.1. The quantitative estimate of drug-likeness (QED) is 0.196. The molecule has 0 bridgehead atoms. The van der Waals surface area contributed by atoms with Crippen molar-refractivity contribution < 1.29 is 37.2 Å². The van der Waals surface area contributed by atoms with Crippen LogP contribution < -0.4 is 10.1 Å². The molecule has 0 aromatic heterocycles. The number of amides is 1. The molecule has 1 heterocycles. The highest BCUT2D eigenvalue weighted by Gasteiger charge is 2.33. The summed E-state index contributed by atoms with van der Waals surface area (Å²) in [5, 5.41) is 14.0. The summed E-state index contributed by atoms with van der Waals surface area (Å²) < 4.78 is 49.8. The lowest BCUT2D eigenvalue weighted by Gasteiger charge is -2.11. The molecule has 4 rings (SSSR count). The molecule has 37 heavy (non-hydrogen) atoms. The smallest absolute Gasteiger partial charge is 0.416 e. The summed E-state index contributed by atoms with van der Waals surface area (Å²) in [7, 11) is 0. The highest BCUT2D eigenvalue weighted by atomic mass is 19.4. The lowest BCUT2D eigenvalue weighted by atomic mass is 10.1. The predicted octanol–water partition coefficient (Wildman–Crippen LogP) is 5.71. The summed E-state index contributed by atoms with van der Waals surface area (Å²) in [4.78, 5) is 38.2. The van der Waals surface area contributed by atoms with Crippen molar-refractivity contribution >= 4 is 35.2 Å². The average Bonchev–Trinajstić information content (AvgIpc) is 3.20. The van der Waals surface area contributed by atoms with Gasteiger partial charge in [-0.05, 0) is 48.5 Å². The number of nitro groups is 1. The predicted molar refractivity (Wildman–Crippen MR) is 126 cm³/mol. The van der Waals surface area contributed by atoms with Gasteiger partial charge < -0.3 is 14.8 Å². The number of alkyl halides is 3. The van der Waals surface area contributed by atoms with Crippen LogP contribution in [0.25, 0.3) is 6.08 Å². The number of nitrogens with zero attached hydrogens (tertiary/aromatic N) is 2. The molecule has 1 amide bonds. The number of halogens is 3. The van der Waals surface area contributed by atoms with Gasteiger partial charge in [0.15, 0.2) is 5.70 Å². The van der Waals surface area contributed by atoms with Crippen LogP contribution in [0.5, 0.6) is 11.5 Å². The SMILES string of the molecule is CC(=O)Nc1ccc(C2=N/C(=C\c3ccccc3Oc3ccc(C(F)(F)F)cc3[N+](=O)[O-])C(=O)O2)cc1. The van der Waals surface area contributed by atoms with E-state index >= 15 is 0 Å². The first-order chi connectivity index (χ1) is 17.5. The number of rotatable bonds is 6. The topological polar surface area (TPSA) is 120 Å². The number of esters is 1. The van der Waals surface area contributed by atoms with Crippen LogP contribution in [0.1, 0.15) is 23.6 Å². The van der Waals surface area contributed by atoms with Crippen LogP contribution in [0, 0.1) is 10.1 Å². The van der Waals surface area contributed by atoms with E-state index in [4.69, 9.17) is 9.47 Å². The van der Waals surface area contributed by atoms with Gasteiger partial charge in [0.25, 0.3) is 0 Å². The van der Waals surface area contributed by atoms with Gasteiger partial charge in [0.05, 0.1) is 10.5 Å². The Balaban J connectivity index is 1.64. The van der Waals surface area contributed by atoms with Gasteiger partial charge in [0.2, 0.25) is 17.6 Å². The Morgan fingerprint density at radius 2 is 1.78 bits per heavy atom.